The fourth-order valence-corrected chi connectivity index (χ4v) is 3.40. The van der Waals surface area contributed by atoms with E-state index >= 15 is 0 Å². The molecule has 1 heterocycles. The maximum atomic E-state index is 11.8. The second-order valence-electron chi connectivity index (χ2n) is 7.04. The normalized spacial score (nSPS) is 10.9. The van der Waals surface area contributed by atoms with Crippen molar-refractivity contribution in [3.05, 3.63) is 98.9 Å². The molecule has 0 spiro atoms. The Hall–Kier alpha value is -2.52. The van der Waals surface area contributed by atoms with Crippen LogP contribution in [0.5, 0.6) is 5.75 Å². The summed E-state index contributed by atoms with van der Waals surface area (Å²) in [6, 6.07) is 19.1. The minimum Gasteiger partial charge on any atom is -0.497 e. The van der Waals surface area contributed by atoms with Gasteiger partial charge in [-0.1, -0.05) is 48.0 Å². The van der Waals surface area contributed by atoms with Crippen LogP contribution in [0.25, 0.3) is 0 Å². The van der Waals surface area contributed by atoms with E-state index in [1.165, 1.54) is 0 Å². The van der Waals surface area contributed by atoms with Crippen LogP contribution in [0.1, 0.15) is 16.7 Å². The lowest BCUT2D eigenvalue weighted by atomic mass is 10.1. The lowest BCUT2D eigenvalue weighted by Gasteiger charge is -2.13. The van der Waals surface area contributed by atoms with E-state index < -0.39 is 0 Å². The summed E-state index contributed by atoms with van der Waals surface area (Å²) >= 11 is 6.30. The second kappa shape index (κ2) is 13.1. The average Bonchev–Trinajstić information content (AvgIpc) is 2.79. The predicted molar refractivity (Wildman–Crippen MR) is 142 cm³/mol. The number of pyridine rings is 1. The van der Waals surface area contributed by atoms with Gasteiger partial charge in [-0.25, -0.2) is 0 Å². The molecule has 1 aromatic heterocycles. The topological polar surface area (TPSA) is 67.7 Å². The van der Waals surface area contributed by atoms with Crippen molar-refractivity contribution in [2.24, 2.45) is 4.99 Å². The van der Waals surface area contributed by atoms with E-state index in [1.807, 2.05) is 36.4 Å². The summed E-state index contributed by atoms with van der Waals surface area (Å²) in [7, 11) is 3.37. The molecule has 0 saturated heterocycles. The summed E-state index contributed by atoms with van der Waals surface area (Å²) < 4.78 is 6.87. The van der Waals surface area contributed by atoms with Gasteiger partial charge in [0.15, 0.2) is 5.96 Å². The first-order valence-corrected chi connectivity index (χ1v) is 10.5. The maximum Gasteiger partial charge on any atom is 0.250 e. The number of rotatable bonds is 8. The summed E-state index contributed by atoms with van der Waals surface area (Å²) in [6.07, 6.45) is 2.57. The van der Waals surface area contributed by atoms with Gasteiger partial charge in [0.2, 0.25) is 0 Å². The molecule has 0 bridgehead atoms. The maximum absolute atomic E-state index is 11.8. The molecule has 3 rings (SSSR count). The zero-order valence-corrected chi connectivity index (χ0v) is 21.3. The van der Waals surface area contributed by atoms with Crippen molar-refractivity contribution >= 4 is 41.5 Å². The Bertz CT molecular complexity index is 1080. The van der Waals surface area contributed by atoms with Crippen LogP contribution in [-0.4, -0.2) is 31.2 Å². The summed E-state index contributed by atoms with van der Waals surface area (Å²) in [6.45, 7) is 1.91. The van der Waals surface area contributed by atoms with Crippen molar-refractivity contribution in [2.75, 3.05) is 20.7 Å². The van der Waals surface area contributed by atoms with Crippen LogP contribution >= 0.6 is 35.6 Å². The van der Waals surface area contributed by atoms with Gasteiger partial charge in [0, 0.05) is 37.4 Å². The van der Waals surface area contributed by atoms with Gasteiger partial charge in [-0.15, -0.1) is 24.0 Å². The fraction of sp³-hybridized carbons (Fsp3) is 0.250. The Kier molecular flexibility index (Phi) is 10.6. The van der Waals surface area contributed by atoms with E-state index in [4.69, 9.17) is 16.3 Å². The second-order valence-corrected chi connectivity index (χ2v) is 7.45. The molecule has 170 valence electrons. The van der Waals surface area contributed by atoms with Crippen molar-refractivity contribution in [1.29, 1.82) is 0 Å². The number of ether oxygens (including phenoxy) is 1. The smallest absolute Gasteiger partial charge is 0.250 e. The fourth-order valence-electron chi connectivity index (χ4n) is 3.13. The van der Waals surface area contributed by atoms with E-state index in [0.717, 1.165) is 34.8 Å². The quantitative estimate of drug-likeness (QED) is 0.245. The van der Waals surface area contributed by atoms with Gasteiger partial charge in [-0.2, -0.15) is 0 Å². The Morgan fingerprint density at radius 2 is 1.81 bits per heavy atom. The largest absolute Gasteiger partial charge is 0.497 e. The summed E-state index contributed by atoms with van der Waals surface area (Å²) in [5.74, 6) is 1.48. The van der Waals surface area contributed by atoms with Crippen molar-refractivity contribution in [3.8, 4) is 5.75 Å². The van der Waals surface area contributed by atoms with Gasteiger partial charge in [-0.05, 0) is 41.3 Å². The molecular weight excluding hydrogens is 539 g/mol. The van der Waals surface area contributed by atoms with Crippen molar-refractivity contribution < 1.29 is 4.74 Å². The highest BCUT2D eigenvalue weighted by Crippen LogP contribution is 2.22. The zero-order valence-electron chi connectivity index (χ0n) is 18.2. The lowest BCUT2D eigenvalue weighted by molar-refractivity contribution is 0.414. The van der Waals surface area contributed by atoms with Crippen LogP contribution in [0.3, 0.4) is 0 Å². The van der Waals surface area contributed by atoms with Crippen molar-refractivity contribution in [2.45, 2.75) is 19.5 Å². The molecule has 0 aliphatic carbocycles. The molecule has 0 amide bonds. The number of nitrogens with zero attached hydrogens (tertiary/aromatic N) is 2. The highest BCUT2D eigenvalue weighted by atomic mass is 127. The number of halogens is 2. The first-order valence-electron chi connectivity index (χ1n) is 10.1. The summed E-state index contributed by atoms with van der Waals surface area (Å²) in [5, 5.41) is 7.32. The number of hydrogen-bond donors (Lipinski definition) is 2. The first kappa shape index (κ1) is 25.7. The van der Waals surface area contributed by atoms with Crippen LogP contribution in [0.2, 0.25) is 5.02 Å². The van der Waals surface area contributed by atoms with Gasteiger partial charge in [0.25, 0.3) is 5.56 Å². The molecule has 32 heavy (non-hydrogen) atoms. The molecule has 0 radical (unpaired) electrons. The van der Waals surface area contributed by atoms with Crippen molar-refractivity contribution in [3.63, 3.8) is 0 Å². The molecule has 2 aromatic carbocycles. The summed E-state index contributed by atoms with van der Waals surface area (Å²) in [5.41, 5.74) is 3.26. The number of guanidine groups is 1. The van der Waals surface area contributed by atoms with Gasteiger partial charge in [0.05, 0.1) is 13.7 Å². The Morgan fingerprint density at radius 1 is 1.06 bits per heavy atom. The highest BCUT2D eigenvalue weighted by Gasteiger charge is 2.04. The van der Waals surface area contributed by atoms with Crippen molar-refractivity contribution in [1.82, 2.24) is 15.2 Å². The average molecular weight is 567 g/mol. The molecule has 0 atom stereocenters. The molecule has 0 fully saturated rings. The van der Waals surface area contributed by atoms with E-state index in [2.05, 4.69) is 27.8 Å². The first-order chi connectivity index (χ1) is 15.1. The third-order valence-corrected chi connectivity index (χ3v) is 5.26. The number of aliphatic imine (C=N–C) groups is 1. The number of nitrogens with one attached hydrogen (secondary N) is 2. The monoisotopic (exact) mass is 566 g/mol. The number of aromatic nitrogens is 1. The van der Waals surface area contributed by atoms with E-state index in [0.29, 0.717) is 24.7 Å². The molecular formula is C24H28ClIN4O2. The third kappa shape index (κ3) is 7.56. The minimum absolute atomic E-state index is 0. The van der Waals surface area contributed by atoms with Gasteiger partial charge in [0.1, 0.15) is 5.75 Å². The number of methoxy groups -OCH3 is 1. The number of hydrogen-bond acceptors (Lipinski definition) is 3. The standard InChI is InChI=1S/C24H27ClN4O2.HI/c1-26-24(27-13-12-20-10-11-21(31-2)15-22(20)25)28-16-18-6-8-19(9-7-18)17-29-14-4-3-5-23(29)30;/h3-11,14-15H,12-13,16-17H2,1-2H3,(H2,26,27,28);1H. The predicted octanol–water partition coefficient (Wildman–Crippen LogP) is 4.08. The molecule has 0 aliphatic heterocycles. The number of benzene rings is 2. The third-order valence-electron chi connectivity index (χ3n) is 4.91. The molecule has 2 N–H and O–H groups in total. The molecule has 0 unspecified atom stereocenters. The Balaban J connectivity index is 0.00000363. The lowest BCUT2D eigenvalue weighted by Crippen LogP contribution is -2.37. The van der Waals surface area contributed by atoms with E-state index in [1.54, 1.807) is 37.1 Å². The van der Waals surface area contributed by atoms with Gasteiger partial charge in [-0.3, -0.25) is 9.79 Å². The van der Waals surface area contributed by atoms with E-state index in [9.17, 15) is 4.79 Å². The Labute approximate surface area is 210 Å². The highest BCUT2D eigenvalue weighted by molar-refractivity contribution is 14.0. The van der Waals surface area contributed by atoms with Gasteiger partial charge < -0.3 is 19.9 Å². The van der Waals surface area contributed by atoms with Gasteiger partial charge >= 0.3 is 0 Å². The van der Waals surface area contributed by atoms with E-state index in [-0.39, 0.29) is 29.5 Å². The molecule has 0 aliphatic rings. The molecule has 6 nitrogen and oxygen atoms in total. The summed E-state index contributed by atoms with van der Waals surface area (Å²) in [4.78, 5) is 16.1. The van der Waals surface area contributed by atoms with Crippen LogP contribution in [0, 0.1) is 0 Å². The van der Waals surface area contributed by atoms with Crippen LogP contribution in [0.4, 0.5) is 0 Å². The van der Waals surface area contributed by atoms with Crippen LogP contribution in [-0.2, 0) is 19.5 Å². The van der Waals surface area contributed by atoms with Crippen LogP contribution < -0.4 is 20.9 Å². The SMILES string of the molecule is CN=C(NCCc1ccc(OC)cc1Cl)NCc1ccc(Cn2ccccc2=O)cc1.I. The Morgan fingerprint density at radius 3 is 2.47 bits per heavy atom. The zero-order chi connectivity index (χ0) is 22.1. The molecule has 0 saturated carbocycles. The molecule has 3 aromatic rings. The molecule has 8 heteroatoms. The van der Waals surface area contributed by atoms with Crippen LogP contribution in [0.15, 0.2) is 76.6 Å². The minimum atomic E-state index is -0.000885.